The van der Waals surface area contributed by atoms with E-state index < -0.39 is 0 Å². The smallest absolute Gasteiger partial charge is 0.267 e. The van der Waals surface area contributed by atoms with Crippen molar-refractivity contribution in [2.75, 3.05) is 23.0 Å². The molecular formula is C16H16ClN7OS. The van der Waals surface area contributed by atoms with Gasteiger partial charge in [0.1, 0.15) is 4.88 Å². The SMILES string of the molecule is CNc1nccnc1Nc1ncc(C(=O)Nc2c(Cl)cccc2CN)s1. The Hall–Kier alpha value is -2.75. The van der Waals surface area contributed by atoms with Crippen LogP contribution >= 0.6 is 22.9 Å². The molecule has 3 rings (SSSR count). The second-order valence-corrected chi connectivity index (χ2v) is 6.53. The van der Waals surface area contributed by atoms with Crippen LogP contribution in [-0.4, -0.2) is 27.9 Å². The van der Waals surface area contributed by atoms with Crippen LogP contribution in [-0.2, 0) is 6.54 Å². The van der Waals surface area contributed by atoms with Crippen molar-refractivity contribution in [2.45, 2.75) is 6.54 Å². The summed E-state index contributed by atoms with van der Waals surface area (Å²) in [7, 11) is 1.74. The maximum absolute atomic E-state index is 12.5. The number of para-hydroxylation sites is 1. The third kappa shape index (κ3) is 3.90. The number of aromatic nitrogens is 3. The van der Waals surface area contributed by atoms with E-state index in [-0.39, 0.29) is 12.5 Å². The monoisotopic (exact) mass is 389 g/mol. The molecule has 0 saturated carbocycles. The quantitative estimate of drug-likeness (QED) is 0.511. The van der Waals surface area contributed by atoms with E-state index in [0.29, 0.717) is 32.4 Å². The van der Waals surface area contributed by atoms with Gasteiger partial charge in [-0.3, -0.25) is 4.79 Å². The summed E-state index contributed by atoms with van der Waals surface area (Å²) < 4.78 is 0. The van der Waals surface area contributed by atoms with Gasteiger partial charge in [0, 0.05) is 26.0 Å². The Balaban J connectivity index is 1.77. The Kier molecular flexibility index (Phi) is 5.61. The number of hydrogen-bond acceptors (Lipinski definition) is 8. The van der Waals surface area contributed by atoms with E-state index in [1.54, 1.807) is 31.6 Å². The number of nitrogens with one attached hydrogen (secondary N) is 3. The summed E-state index contributed by atoms with van der Waals surface area (Å²) in [5.41, 5.74) is 6.97. The van der Waals surface area contributed by atoms with Crippen molar-refractivity contribution in [3.63, 3.8) is 0 Å². The molecule has 0 aliphatic heterocycles. The van der Waals surface area contributed by atoms with E-state index in [1.165, 1.54) is 17.5 Å². The molecule has 0 radical (unpaired) electrons. The number of halogens is 1. The fourth-order valence-electron chi connectivity index (χ4n) is 2.20. The van der Waals surface area contributed by atoms with Gasteiger partial charge < -0.3 is 21.7 Å². The Morgan fingerprint density at radius 2 is 2.00 bits per heavy atom. The lowest BCUT2D eigenvalue weighted by molar-refractivity contribution is 0.103. The van der Waals surface area contributed by atoms with Gasteiger partial charge in [0.2, 0.25) is 0 Å². The number of carbonyl (C=O) groups excluding carboxylic acids is 1. The molecule has 1 aromatic carbocycles. The summed E-state index contributed by atoms with van der Waals surface area (Å²) in [6.45, 7) is 0.269. The van der Waals surface area contributed by atoms with Gasteiger partial charge in [-0.25, -0.2) is 15.0 Å². The molecule has 0 unspecified atom stereocenters. The lowest BCUT2D eigenvalue weighted by Gasteiger charge is -2.10. The molecule has 2 heterocycles. The predicted octanol–water partition coefficient (Wildman–Crippen LogP) is 3.08. The summed E-state index contributed by atoms with van der Waals surface area (Å²) in [6.07, 6.45) is 4.63. The topological polar surface area (TPSA) is 118 Å². The highest BCUT2D eigenvalue weighted by atomic mass is 35.5. The molecule has 3 aromatic rings. The molecule has 1 amide bonds. The molecule has 134 valence electrons. The summed E-state index contributed by atoms with van der Waals surface area (Å²) in [5.74, 6) is 0.788. The minimum atomic E-state index is -0.314. The maximum Gasteiger partial charge on any atom is 0.267 e. The summed E-state index contributed by atoms with van der Waals surface area (Å²) in [4.78, 5) is 25.5. The van der Waals surface area contributed by atoms with E-state index in [9.17, 15) is 4.79 Å². The van der Waals surface area contributed by atoms with Crippen molar-refractivity contribution in [3.05, 3.63) is 52.3 Å². The Morgan fingerprint density at radius 1 is 1.23 bits per heavy atom. The van der Waals surface area contributed by atoms with Crippen molar-refractivity contribution < 1.29 is 4.79 Å². The lowest BCUT2D eigenvalue weighted by Crippen LogP contribution is -2.13. The largest absolute Gasteiger partial charge is 0.370 e. The van der Waals surface area contributed by atoms with Gasteiger partial charge in [0.15, 0.2) is 16.8 Å². The van der Waals surface area contributed by atoms with Crippen molar-refractivity contribution in [1.82, 2.24) is 15.0 Å². The predicted molar refractivity (Wildman–Crippen MR) is 104 cm³/mol. The van der Waals surface area contributed by atoms with Crippen LogP contribution in [0.15, 0.2) is 36.8 Å². The first-order valence-electron chi connectivity index (χ1n) is 7.62. The van der Waals surface area contributed by atoms with Crippen LogP contribution in [0, 0.1) is 0 Å². The van der Waals surface area contributed by atoms with E-state index in [1.807, 2.05) is 6.07 Å². The molecule has 26 heavy (non-hydrogen) atoms. The molecule has 0 spiro atoms. The van der Waals surface area contributed by atoms with Crippen molar-refractivity contribution in [2.24, 2.45) is 5.73 Å². The van der Waals surface area contributed by atoms with Crippen molar-refractivity contribution >= 4 is 51.3 Å². The first-order valence-corrected chi connectivity index (χ1v) is 8.82. The number of nitrogens with two attached hydrogens (primary N) is 1. The van der Waals surface area contributed by atoms with E-state index in [2.05, 4.69) is 30.9 Å². The number of nitrogens with zero attached hydrogens (tertiary/aromatic N) is 3. The highest BCUT2D eigenvalue weighted by Crippen LogP contribution is 2.28. The number of benzene rings is 1. The van der Waals surface area contributed by atoms with Crippen LogP contribution in [0.2, 0.25) is 5.02 Å². The number of hydrogen-bond donors (Lipinski definition) is 4. The third-order valence-electron chi connectivity index (χ3n) is 3.45. The summed E-state index contributed by atoms with van der Waals surface area (Å²) >= 11 is 7.36. The van der Waals surface area contributed by atoms with Gasteiger partial charge >= 0.3 is 0 Å². The molecule has 8 nitrogen and oxygen atoms in total. The minimum absolute atomic E-state index is 0.269. The van der Waals surface area contributed by atoms with Gasteiger partial charge in [-0.1, -0.05) is 35.1 Å². The molecule has 0 fully saturated rings. The average Bonchev–Trinajstić information content (AvgIpc) is 3.12. The zero-order valence-electron chi connectivity index (χ0n) is 13.8. The highest BCUT2D eigenvalue weighted by Gasteiger charge is 2.15. The van der Waals surface area contributed by atoms with Crippen LogP contribution in [0.4, 0.5) is 22.5 Å². The number of thiazole rings is 1. The standard InChI is InChI=1S/C16H16ClN7OS/c1-19-13-14(21-6-5-20-13)24-16-22-8-11(26-16)15(25)23-12-9(7-18)3-2-4-10(12)17/h2-6,8H,7,18H2,1H3,(H,19,20)(H,23,25)(H,21,22,24). The van der Waals surface area contributed by atoms with Crippen LogP contribution in [0.25, 0.3) is 0 Å². The minimum Gasteiger partial charge on any atom is -0.370 e. The molecule has 0 bridgehead atoms. The zero-order chi connectivity index (χ0) is 18.5. The molecular weight excluding hydrogens is 374 g/mol. The molecule has 0 aliphatic rings. The molecule has 0 atom stereocenters. The lowest BCUT2D eigenvalue weighted by atomic mass is 10.1. The van der Waals surface area contributed by atoms with Gasteiger partial charge in [0.25, 0.3) is 5.91 Å². The van der Waals surface area contributed by atoms with Gasteiger partial charge in [0.05, 0.1) is 16.9 Å². The zero-order valence-corrected chi connectivity index (χ0v) is 15.4. The summed E-state index contributed by atoms with van der Waals surface area (Å²) in [5, 5.41) is 9.72. The molecule has 0 aliphatic carbocycles. The van der Waals surface area contributed by atoms with Gasteiger partial charge in [-0.2, -0.15) is 0 Å². The Morgan fingerprint density at radius 3 is 2.73 bits per heavy atom. The van der Waals surface area contributed by atoms with E-state index in [4.69, 9.17) is 17.3 Å². The first-order chi connectivity index (χ1) is 12.6. The van der Waals surface area contributed by atoms with Crippen molar-refractivity contribution in [3.8, 4) is 0 Å². The second kappa shape index (κ2) is 8.09. The fourth-order valence-corrected chi connectivity index (χ4v) is 3.16. The maximum atomic E-state index is 12.5. The number of anilines is 4. The van der Waals surface area contributed by atoms with Crippen LogP contribution in [0.1, 0.15) is 15.2 Å². The Bertz CT molecular complexity index is 930. The van der Waals surface area contributed by atoms with E-state index >= 15 is 0 Å². The fraction of sp³-hybridized carbons (Fsp3) is 0.125. The second-order valence-electron chi connectivity index (χ2n) is 5.09. The van der Waals surface area contributed by atoms with Gasteiger partial charge in [-0.05, 0) is 11.6 Å². The molecule has 5 N–H and O–H groups in total. The number of carbonyl (C=O) groups is 1. The molecule has 10 heteroatoms. The third-order valence-corrected chi connectivity index (χ3v) is 4.67. The normalized spacial score (nSPS) is 10.4. The van der Waals surface area contributed by atoms with Crippen LogP contribution in [0.3, 0.4) is 0 Å². The molecule has 2 aromatic heterocycles. The van der Waals surface area contributed by atoms with Gasteiger partial charge in [-0.15, -0.1) is 0 Å². The number of amides is 1. The summed E-state index contributed by atoms with van der Waals surface area (Å²) in [6, 6.07) is 5.30. The van der Waals surface area contributed by atoms with Crippen molar-refractivity contribution in [1.29, 1.82) is 0 Å². The number of rotatable bonds is 6. The highest BCUT2D eigenvalue weighted by molar-refractivity contribution is 7.17. The van der Waals surface area contributed by atoms with Crippen LogP contribution in [0.5, 0.6) is 0 Å². The molecule has 0 saturated heterocycles. The first kappa shape index (κ1) is 18.1. The average molecular weight is 390 g/mol. The van der Waals surface area contributed by atoms with Crippen LogP contribution < -0.4 is 21.7 Å². The Labute approximate surface area is 158 Å². The van der Waals surface area contributed by atoms with E-state index in [0.717, 1.165) is 5.56 Å².